The zero-order valence-electron chi connectivity index (χ0n) is 17.2. The summed E-state index contributed by atoms with van der Waals surface area (Å²) >= 11 is 0. The van der Waals surface area contributed by atoms with Crippen LogP contribution in [0.3, 0.4) is 0 Å². The number of sulfonamides is 1. The van der Waals surface area contributed by atoms with Crippen molar-refractivity contribution in [3.8, 4) is 0 Å². The molecule has 0 aliphatic carbocycles. The first kappa shape index (κ1) is 23.8. The molecule has 5 N–H and O–H groups in total. The molecule has 0 aliphatic rings. The second-order valence-corrected chi connectivity index (χ2v) is 8.44. The molecule has 0 saturated heterocycles. The zero-order chi connectivity index (χ0) is 23.0. The van der Waals surface area contributed by atoms with Crippen molar-refractivity contribution in [3.05, 3.63) is 65.7 Å². The van der Waals surface area contributed by atoms with Crippen LogP contribution in [-0.4, -0.2) is 49.6 Å². The second kappa shape index (κ2) is 10.5. The third-order valence-corrected chi connectivity index (χ3v) is 5.15. The smallest absolute Gasteiger partial charge is 0.326 e. The van der Waals surface area contributed by atoms with Gasteiger partial charge in [-0.3, -0.25) is 20.4 Å². The maximum Gasteiger partial charge on any atom is 0.326 e. The molecule has 0 aromatic heterocycles. The van der Waals surface area contributed by atoms with Gasteiger partial charge in [-0.1, -0.05) is 40.8 Å². The van der Waals surface area contributed by atoms with Gasteiger partial charge in [-0.25, -0.2) is 8.42 Å². The third-order valence-electron chi connectivity index (χ3n) is 4.09. The van der Waals surface area contributed by atoms with Crippen LogP contribution in [0.4, 0.5) is 5.69 Å². The molecule has 31 heavy (non-hydrogen) atoms. The van der Waals surface area contributed by atoms with Gasteiger partial charge in [-0.15, -0.1) is 0 Å². The minimum Gasteiger partial charge on any atom is -0.465 e. The van der Waals surface area contributed by atoms with Crippen LogP contribution >= 0.6 is 0 Å². The Bertz CT molecular complexity index is 1040. The molecule has 1 amide bonds. The summed E-state index contributed by atoms with van der Waals surface area (Å²) in [6.07, 6.45) is 0.886. The number of ether oxygens (including phenoxy) is 1. The van der Waals surface area contributed by atoms with Crippen LogP contribution in [0.1, 0.15) is 22.8 Å². The van der Waals surface area contributed by atoms with E-state index < -0.39 is 27.9 Å². The van der Waals surface area contributed by atoms with E-state index in [1.165, 1.54) is 18.2 Å². The largest absolute Gasteiger partial charge is 0.465 e. The van der Waals surface area contributed by atoms with Gasteiger partial charge in [0.1, 0.15) is 6.04 Å². The number of anilines is 1. The molecule has 10 nitrogen and oxygen atoms in total. The SMILES string of the molecule is CCOC(=O)C(Cc1ccccc1)N(NC(=O)c1cccc(NC(=N)N)c1)S(C)(=O)=O. The normalized spacial score (nSPS) is 12.1. The Morgan fingerprint density at radius 1 is 1.16 bits per heavy atom. The Morgan fingerprint density at radius 2 is 1.84 bits per heavy atom. The molecular weight excluding hydrogens is 422 g/mol. The number of nitrogens with one attached hydrogen (secondary N) is 3. The molecule has 11 heteroatoms. The number of hydrogen-bond donors (Lipinski definition) is 4. The van der Waals surface area contributed by atoms with Crippen LogP contribution in [-0.2, 0) is 26.0 Å². The van der Waals surface area contributed by atoms with Crippen LogP contribution in [0, 0.1) is 5.41 Å². The van der Waals surface area contributed by atoms with E-state index in [1.807, 2.05) is 0 Å². The fraction of sp³-hybridized carbons (Fsp3) is 0.250. The maximum atomic E-state index is 12.8. The van der Waals surface area contributed by atoms with Gasteiger partial charge in [0.15, 0.2) is 5.96 Å². The predicted octanol–water partition coefficient (Wildman–Crippen LogP) is 1.07. The standard InChI is InChI=1S/C20H25N5O5S/c1-3-30-19(27)17(12-14-8-5-4-6-9-14)25(31(2,28)29)24-18(26)15-10-7-11-16(13-15)23-20(21)22/h4-11,13,17H,3,12H2,1-2H3,(H,24,26)(H4,21,22,23). The van der Waals surface area contributed by atoms with Crippen molar-refractivity contribution in [1.29, 1.82) is 5.41 Å². The molecule has 0 spiro atoms. The summed E-state index contributed by atoms with van der Waals surface area (Å²) in [4.78, 5) is 25.4. The van der Waals surface area contributed by atoms with Gasteiger partial charge < -0.3 is 15.8 Å². The lowest BCUT2D eigenvalue weighted by molar-refractivity contribution is -0.148. The van der Waals surface area contributed by atoms with Crippen LogP contribution < -0.4 is 16.5 Å². The Labute approximate surface area is 180 Å². The number of rotatable bonds is 9. The number of nitrogens with two attached hydrogens (primary N) is 1. The first-order chi connectivity index (χ1) is 14.6. The van der Waals surface area contributed by atoms with Gasteiger partial charge in [-0.2, -0.15) is 0 Å². The quantitative estimate of drug-likeness (QED) is 0.194. The maximum absolute atomic E-state index is 12.8. The first-order valence-corrected chi connectivity index (χ1v) is 11.2. The van der Waals surface area contributed by atoms with E-state index in [4.69, 9.17) is 15.9 Å². The van der Waals surface area contributed by atoms with E-state index in [1.54, 1.807) is 43.3 Å². The molecule has 2 rings (SSSR count). The molecule has 2 aromatic rings. The highest BCUT2D eigenvalue weighted by atomic mass is 32.2. The minimum atomic E-state index is -4.05. The van der Waals surface area contributed by atoms with E-state index in [2.05, 4.69) is 10.7 Å². The highest BCUT2D eigenvalue weighted by molar-refractivity contribution is 7.88. The number of carbonyl (C=O) groups is 2. The Balaban J connectivity index is 2.36. The van der Waals surface area contributed by atoms with E-state index in [-0.39, 0.29) is 24.6 Å². The summed E-state index contributed by atoms with van der Waals surface area (Å²) in [5, 5.41) is 9.83. The number of carbonyl (C=O) groups excluding carboxylic acids is 2. The van der Waals surface area contributed by atoms with Crippen molar-refractivity contribution in [1.82, 2.24) is 9.84 Å². The van der Waals surface area contributed by atoms with Crippen LogP contribution in [0.5, 0.6) is 0 Å². The third kappa shape index (κ3) is 7.08. The van der Waals surface area contributed by atoms with Crippen molar-refractivity contribution in [2.75, 3.05) is 18.2 Å². The highest BCUT2D eigenvalue weighted by Crippen LogP contribution is 2.15. The molecule has 0 saturated carbocycles. The van der Waals surface area contributed by atoms with Crippen LogP contribution in [0.25, 0.3) is 0 Å². The predicted molar refractivity (Wildman–Crippen MR) is 117 cm³/mol. The van der Waals surface area contributed by atoms with Crippen molar-refractivity contribution in [2.24, 2.45) is 5.73 Å². The lowest BCUT2D eigenvalue weighted by Gasteiger charge is -2.28. The molecular formula is C20H25N5O5S. The van der Waals surface area contributed by atoms with Crippen molar-refractivity contribution < 1.29 is 22.7 Å². The fourth-order valence-electron chi connectivity index (χ4n) is 2.79. The molecule has 0 bridgehead atoms. The summed E-state index contributed by atoms with van der Waals surface area (Å²) in [5.41, 5.74) is 8.76. The number of benzene rings is 2. The number of hydrazine groups is 1. The van der Waals surface area contributed by atoms with E-state index in [0.29, 0.717) is 15.7 Å². The first-order valence-electron chi connectivity index (χ1n) is 9.34. The summed E-state index contributed by atoms with van der Waals surface area (Å²) in [6.45, 7) is 1.66. The average molecular weight is 448 g/mol. The lowest BCUT2D eigenvalue weighted by atomic mass is 10.1. The summed E-state index contributed by atoms with van der Waals surface area (Å²) < 4.78 is 30.7. The molecule has 0 fully saturated rings. The lowest BCUT2D eigenvalue weighted by Crippen LogP contribution is -2.55. The number of esters is 1. The van der Waals surface area contributed by atoms with Crippen LogP contribution in [0.15, 0.2) is 54.6 Å². The summed E-state index contributed by atoms with van der Waals surface area (Å²) in [7, 11) is -4.05. The molecule has 166 valence electrons. The fourth-order valence-corrected chi connectivity index (χ4v) is 3.66. The summed E-state index contributed by atoms with van der Waals surface area (Å²) in [5.74, 6) is -1.87. The zero-order valence-corrected chi connectivity index (χ0v) is 18.0. The second-order valence-electron chi connectivity index (χ2n) is 6.58. The van der Waals surface area contributed by atoms with E-state index in [0.717, 1.165) is 6.26 Å². The van der Waals surface area contributed by atoms with E-state index in [9.17, 15) is 18.0 Å². The molecule has 0 aliphatic heterocycles. The summed E-state index contributed by atoms with van der Waals surface area (Å²) in [6, 6.07) is 13.5. The van der Waals surface area contributed by atoms with Crippen LogP contribution in [0.2, 0.25) is 0 Å². The van der Waals surface area contributed by atoms with Crippen molar-refractivity contribution in [3.63, 3.8) is 0 Å². The van der Waals surface area contributed by atoms with Gasteiger partial charge in [0.05, 0.1) is 12.9 Å². The number of guanidine groups is 1. The Morgan fingerprint density at radius 3 is 2.42 bits per heavy atom. The Kier molecular flexibility index (Phi) is 8.11. The number of hydrogen-bond acceptors (Lipinski definition) is 6. The van der Waals surface area contributed by atoms with Gasteiger partial charge in [0.25, 0.3) is 5.91 Å². The highest BCUT2D eigenvalue weighted by Gasteiger charge is 2.35. The Hall–Kier alpha value is -3.44. The van der Waals surface area contributed by atoms with Gasteiger partial charge in [0, 0.05) is 17.7 Å². The monoisotopic (exact) mass is 447 g/mol. The minimum absolute atomic E-state index is 0.00104. The average Bonchev–Trinajstić information content (AvgIpc) is 2.70. The molecule has 1 unspecified atom stereocenters. The van der Waals surface area contributed by atoms with Gasteiger partial charge in [0.2, 0.25) is 10.0 Å². The number of nitrogens with zero attached hydrogens (tertiary/aromatic N) is 1. The van der Waals surface area contributed by atoms with Crippen molar-refractivity contribution >= 4 is 33.5 Å². The number of amides is 1. The van der Waals surface area contributed by atoms with Gasteiger partial charge >= 0.3 is 5.97 Å². The molecule has 0 radical (unpaired) electrons. The molecule has 2 aromatic carbocycles. The van der Waals surface area contributed by atoms with Gasteiger partial charge in [-0.05, 0) is 30.7 Å². The topological polar surface area (TPSA) is 155 Å². The molecule has 0 heterocycles. The van der Waals surface area contributed by atoms with Crippen molar-refractivity contribution in [2.45, 2.75) is 19.4 Å². The van der Waals surface area contributed by atoms with E-state index >= 15 is 0 Å². The molecule has 1 atom stereocenters.